The van der Waals surface area contributed by atoms with Crippen LogP contribution in [0, 0.1) is 0 Å². The van der Waals surface area contributed by atoms with Crippen LogP contribution < -0.4 is 0 Å². The van der Waals surface area contributed by atoms with Gasteiger partial charge in [-0.25, -0.2) is 4.98 Å². The van der Waals surface area contributed by atoms with E-state index in [1.54, 1.807) is 11.3 Å². The van der Waals surface area contributed by atoms with E-state index in [0.717, 1.165) is 25.6 Å². The highest BCUT2D eigenvalue weighted by Crippen LogP contribution is 2.34. The summed E-state index contributed by atoms with van der Waals surface area (Å²) in [7, 11) is 0. The van der Waals surface area contributed by atoms with Crippen molar-refractivity contribution in [3.63, 3.8) is 0 Å². The fourth-order valence-corrected chi connectivity index (χ4v) is 3.62. The van der Waals surface area contributed by atoms with E-state index in [-0.39, 0.29) is 6.29 Å². The first kappa shape index (κ1) is 15.7. The molecule has 0 N–H and O–H groups in total. The van der Waals surface area contributed by atoms with E-state index in [1.807, 2.05) is 38.4 Å². The molecule has 116 valence electrons. The van der Waals surface area contributed by atoms with Crippen molar-refractivity contribution in [3.05, 3.63) is 46.0 Å². The summed E-state index contributed by atoms with van der Waals surface area (Å²) in [5, 5.41) is 0. The lowest BCUT2D eigenvalue weighted by molar-refractivity contribution is -0.138. The molecule has 3 aromatic rings. The molecule has 0 aliphatic carbocycles. The number of thiophene rings is 1. The predicted molar refractivity (Wildman–Crippen MR) is 92.2 cm³/mol. The van der Waals surface area contributed by atoms with E-state index in [9.17, 15) is 0 Å². The van der Waals surface area contributed by atoms with Gasteiger partial charge in [-0.1, -0.05) is 0 Å². The average molecular weight is 381 g/mol. The Morgan fingerprint density at radius 3 is 2.68 bits per heavy atom. The Balaban J connectivity index is 1.96. The molecule has 0 bridgehead atoms. The number of ether oxygens (including phenoxy) is 2. The maximum Gasteiger partial charge on any atom is 0.193 e. The molecule has 0 unspecified atom stereocenters. The van der Waals surface area contributed by atoms with Gasteiger partial charge in [-0.05, 0) is 54.0 Å². The van der Waals surface area contributed by atoms with Gasteiger partial charge in [-0.2, -0.15) is 0 Å². The zero-order valence-corrected chi connectivity index (χ0v) is 14.9. The monoisotopic (exact) mass is 380 g/mol. The van der Waals surface area contributed by atoms with Crippen LogP contribution >= 0.6 is 27.3 Å². The molecule has 3 aromatic heterocycles. The van der Waals surface area contributed by atoms with Crippen molar-refractivity contribution >= 4 is 32.9 Å². The SMILES string of the molecule is CCOC(OCC)c1ccc(-c2cnc3ccc(Br)cn23)s1. The highest BCUT2D eigenvalue weighted by atomic mass is 79.9. The summed E-state index contributed by atoms with van der Waals surface area (Å²) in [6.45, 7) is 5.20. The number of hydrogen-bond donors (Lipinski definition) is 0. The number of fused-ring (bicyclic) bond motifs is 1. The first-order valence-electron chi connectivity index (χ1n) is 7.18. The van der Waals surface area contributed by atoms with Crippen LogP contribution in [0.1, 0.15) is 25.0 Å². The van der Waals surface area contributed by atoms with Gasteiger partial charge in [-0.15, -0.1) is 11.3 Å². The van der Waals surface area contributed by atoms with Crippen LogP contribution in [0.5, 0.6) is 0 Å². The molecule has 22 heavy (non-hydrogen) atoms. The summed E-state index contributed by atoms with van der Waals surface area (Å²) in [6.07, 6.45) is 3.63. The van der Waals surface area contributed by atoms with E-state index in [4.69, 9.17) is 9.47 Å². The topological polar surface area (TPSA) is 35.8 Å². The van der Waals surface area contributed by atoms with Crippen LogP contribution in [0.15, 0.2) is 41.1 Å². The van der Waals surface area contributed by atoms with E-state index in [2.05, 4.69) is 37.4 Å². The van der Waals surface area contributed by atoms with Gasteiger partial charge in [0.15, 0.2) is 6.29 Å². The predicted octanol–water partition coefficient (Wildman–Crippen LogP) is 4.90. The van der Waals surface area contributed by atoms with Gasteiger partial charge in [0.2, 0.25) is 0 Å². The zero-order chi connectivity index (χ0) is 15.5. The van der Waals surface area contributed by atoms with Crippen molar-refractivity contribution in [2.24, 2.45) is 0 Å². The molecule has 0 amide bonds. The van der Waals surface area contributed by atoms with Crippen LogP contribution in [-0.2, 0) is 9.47 Å². The third-order valence-corrected chi connectivity index (χ3v) is 4.82. The van der Waals surface area contributed by atoms with E-state index in [0.29, 0.717) is 13.2 Å². The van der Waals surface area contributed by atoms with E-state index >= 15 is 0 Å². The molecule has 0 spiro atoms. The third kappa shape index (κ3) is 3.10. The highest BCUT2D eigenvalue weighted by molar-refractivity contribution is 9.10. The number of imidazole rings is 1. The number of hydrogen-bond acceptors (Lipinski definition) is 4. The van der Waals surface area contributed by atoms with Gasteiger partial charge in [0, 0.05) is 23.9 Å². The van der Waals surface area contributed by atoms with E-state index < -0.39 is 0 Å². The molecule has 0 saturated carbocycles. The highest BCUT2D eigenvalue weighted by Gasteiger charge is 2.16. The largest absolute Gasteiger partial charge is 0.348 e. The van der Waals surface area contributed by atoms with Gasteiger partial charge in [0.1, 0.15) is 5.65 Å². The Kier molecular flexibility index (Phi) is 4.93. The van der Waals surface area contributed by atoms with Crippen molar-refractivity contribution in [1.82, 2.24) is 9.38 Å². The van der Waals surface area contributed by atoms with Crippen molar-refractivity contribution < 1.29 is 9.47 Å². The maximum atomic E-state index is 5.66. The lowest BCUT2D eigenvalue weighted by Gasteiger charge is -2.14. The Morgan fingerprint density at radius 2 is 1.95 bits per heavy atom. The lowest BCUT2D eigenvalue weighted by Crippen LogP contribution is -2.06. The number of pyridine rings is 1. The van der Waals surface area contributed by atoms with Crippen LogP contribution in [0.2, 0.25) is 0 Å². The normalized spacial score (nSPS) is 11.6. The first-order chi connectivity index (χ1) is 10.7. The molecule has 4 nitrogen and oxygen atoms in total. The molecule has 0 atom stereocenters. The molecule has 0 fully saturated rings. The van der Waals surface area contributed by atoms with Crippen LogP contribution in [0.3, 0.4) is 0 Å². The second kappa shape index (κ2) is 6.91. The molecule has 0 aliphatic rings. The Labute approximate surface area is 141 Å². The molecule has 6 heteroatoms. The average Bonchev–Trinajstić information content (AvgIpc) is 3.12. The van der Waals surface area contributed by atoms with Gasteiger partial charge in [-0.3, -0.25) is 4.40 Å². The summed E-state index contributed by atoms with van der Waals surface area (Å²) in [6, 6.07) is 8.14. The number of aromatic nitrogens is 2. The molecule has 0 aliphatic heterocycles. The Morgan fingerprint density at radius 1 is 1.18 bits per heavy atom. The third-order valence-electron chi connectivity index (χ3n) is 3.22. The molecular formula is C16H17BrN2O2S. The summed E-state index contributed by atoms with van der Waals surface area (Å²) < 4.78 is 14.4. The van der Waals surface area contributed by atoms with Crippen molar-refractivity contribution in [3.8, 4) is 10.6 Å². The maximum absolute atomic E-state index is 5.66. The first-order valence-corrected chi connectivity index (χ1v) is 8.79. The van der Waals surface area contributed by atoms with E-state index in [1.165, 1.54) is 0 Å². The quantitative estimate of drug-likeness (QED) is 0.570. The summed E-state index contributed by atoms with van der Waals surface area (Å²) in [5.74, 6) is 0. The van der Waals surface area contributed by atoms with Crippen LogP contribution in [0.25, 0.3) is 16.2 Å². The van der Waals surface area contributed by atoms with Crippen molar-refractivity contribution in [1.29, 1.82) is 0 Å². The number of nitrogens with zero attached hydrogens (tertiary/aromatic N) is 2. The fraction of sp³-hybridized carbons (Fsp3) is 0.312. The van der Waals surface area contributed by atoms with Crippen molar-refractivity contribution in [2.45, 2.75) is 20.1 Å². The second-order valence-corrected chi connectivity index (χ2v) is 6.69. The molecule has 3 heterocycles. The molecule has 3 rings (SSSR count). The standard InChI is InChI=1S/C16H17BrN2O2S/c1-3-20-16(21-4-2)14-7-6-13(22-14)12-9-18-15-8-5-11(17)10-19(12)15/h5-10,16H,3-4H2,1-2H3. The fourth-order valence-electron chi connectivity index (χ4n) is 2.27. The van der Waals surface area contributed by atoms with Gasteiger partial charge in [0.05, 0.1) is 21.6 Å². The molecule has 0 radical (unpaired) electrons. The van der Waals surface area contributed by atoms with Crippen LogP contribution in [0.4, 0.5) is 0 Å². The van der Waals surface area contributed by atoms with Gasteiger partial charge < -0.3 is 9.47 Å². The minimum absolute atomic E-state index is 0.292. The van der Waals surface area contributed by atoms with Gasteiger partial charge in [0.25, 0.3) is 0 Å². The summed E-state index contributed by atoms with van der Waals surface area (Å²) in [5.41, 5.74) is 2.00. The molecular weight excluding hydrogens is 364 g/mol. The minimum atomic E-state index is -0.292. The second-order valence-electron chi connectivity index (χ2n) is 4.66. The lowest BCUT2D eigenvalue weighted by atomic mass is 10.3. The van der Waals surface area contributed by atoms with Crippen LogP contribution in [-0.4, -0.2) is 22.6 Å². The molecule has 0 aromatic carbocycles. The number of halogens is 1. The minimum Gasteiger partial charge on any atom is -0.348 e. The van der Waals surface area contributed by atoms with Crippen molar-refractivity contribution in [2.75, 3.05) is 13.2 Å². The zero-order valence-electron chi connectivity index (χ0n) is 12.5. The summed E-state index contributed by atoms with van der Waals surface area (Å²) in [4.78, 5) is 6.67. The smallest absolute Gasteiger partial charge is 0.193 e. The number of rotatable bonds is 6. The Hall–Kier alpha value is -1.21. The van der Waals surface area contributed by atoms with Gasteiger partial charge >= 0.3 is 0 Å². The molecule has 0 saturated heterocycles. The Bertz CT molecular complexity index is 762. The summed E-state index contributed by atoms with van der Waals surface area (Å²) >= 11 is 5.18.